The molecule has 0 unspecified atom stereocenters. The molecule has 8 nitrogen and oxygen atoms in total. The molecule has 1 amide bonds. The third-order valence-corrected chi connectivity index (χ3v) is 2.97. The zero-order valence-corrected chi connectivity index (χ0v) is 14.1. The topological polar surface area (TPSA) is 94.2 Å². The molecule has 0 aliphatic heterocycles. The Morgan fingerprint density at radius 3 is 2.29 bits per heavy atom. The van der Waals surface area contributed by atoms with E-state index in [1.165, 1.54) is 14.2 Å². The van der Waals surface area contributed by atoms with E-state index >= 15 is 0 Å². The van der Waals surface area contributed by atoms with Gasteiger partial charge in [-0.05, 0) is 20.6 Å². The minimum atomic E-state index is -0.591. The second-order valence-electron chi connectivity index (χ2n) is 4.55. The van der Waals surface area contributed by atoms with Crippen molar-refractivity contribution in [3.05, 3.63) is 35.4 Å². The summed E-state index contributed by atoms with van der Waals surface area (Å²) < 4.78 is 0. The summed E-state index contributed by atoms with van der Waals surface area (Å²) in [4.78, 5) is 30.0. The first-order chi connectivity index (χ1) is 11.5. The van der Waals surface area contributed by atoms with Gasteiger partial charge in [0, 0.05) is 11.1 Å². The van der Waals surface area contributed by atoms with Gasteiger partial charge in [0.15, 0.2) is 5.71 Å². The SMILES string of the molecule is C=NC(=O)/C(=N\OC)c1ccccc1CO/N=C(C)\C(C)=N/OC. The number of nitrogens with zero attached hydrogens (tertiary/aromatic N) is 4. The number of rotatable bonds is 8. The molecular formula is C16H20N4O4. The minimum Gasteiger partial charge on any atom is -0.399 e. The van der Waals surface area contributed by atoms with Gasteiger partial charge >= 0.3 is 0 Å². The first-order valence-electron chi connectivity index (χ1n) is 7.00. The third kappa shape index (κ3) is 5.31. The molecule has 0 spiro atoms. The molecule has 0 aromatic heterocycles. The molecule has 0 saturated carbocycles. The summed E-state index contributed by atoms with van der Waals surface area (Å²) in [5.74, 6) is -0.591. The van der Waals surface area contributed by atoms with E-state index in [1.807, 2.05) is 6.07 Å². The van der Waals surface area contributed by atoms with Crippen LogP contribution in [0.3, 0.4) is 0 Å². The van der Waals surface area contributed by atoms with Crippen LogP contribution in [0.25, 0.3) is 0 Å². The molecule has 8 heteroatoms. The van der Waals surface area contributed by atoms with Crippen molar-refractivity contribution in [2.45, 2.75) is 20.5 Å². The zero-order chi connectivity index (χ0) is 17.9. The normalized spacial score (nSPS) is 12.6. The van der Waals surface area contributed by atoms with Crippen LogP contribution in [-0.4, -0.2) is 44.0 Å². The van der Waals surface area contributed by atoms with Crippen molar-refractivity contribution in [2.75, 3.05) is 14.2 Å². The van der Waals surface area contributed by atoms with E-state index in [-0.39, 0.29) is 12.3 Å². The van der Waals surface area contributed by atoms with E-state index in [1.54, 1.807) is 32.0 Å². The lowest BCUT2D eigenvalue weighted by atomic mass is 10.0. The Hall–Kier alpha value is -3.03. The zero-order valence-electron chi connectivity index (χ0n) is 14.1. The number of carbonyl (C=O) groups is 1. The Bertz CT molecular complexity index is 680. The highest BCUT2D eigenvalue weighted by atomic mass is 16.6. The second kappa shape index (κ2) is 9.88. The van der Waals surface area contributed by atoms with E-state index in [2.05, 4.69) is 32.0 Å². The molecule has 0 bridgehead atoms. The molecule has 0 N–H and O–H groups in total. The molecule has 1 aromatic carbocycles. The highest BCUT2D eigenvalue weighted by Crippen LogP contribution is 2.13. The van der Waals surface area contributed by atoms with Crippen LogP contribution in [-0.2, 0) is 25.9 Å². The quantitative estimate of drug-likeness (QED) is 0.538. The van der Waals surface area contributed by atoms with E-state index in [0.29, 0.717) is 22.6 Å². The summed E-state index contributed by atoms with van der Waals surface area (Å²) in [5.41, 5.74) is 2.45. The standard InChI is InChI=1S/C16H20N4O4/c1-11(18-22-4)12(2)19-24-10-13-8-6-7-9-14(13)15(20-23-5)16(21)17-3/h6-9H,3,10H2,1-2,4-5H3/b18-11-,19-12-,20-15-. The molecule has 0 radical (unpaired) electrons. The number of hydrogen-bond acceptors (Lipinski definition) is 7. The van der Waals surface area contributed by atoms with Crippen LogP contribution in [0.15, 0.2) is 44.7 Å². The van der Waals surface area contributed by atoms with Gasteiger partial charge in [0.1, 0.15) is 32.2 Å². The molecule has 1 rings (SSSR count). The van der Waals surface area contributed by atoms with Crippen molar-refractivity contribution in [2.24, 2.45) is 20.5 Å². The average molecular weight is 332 g/mol. The Balaban J connectivity index is 3.01. The van der Waals surface area contributed by atoms with Gasteiger partial charge in [-0.15, -0.1) is 0 Å². The fourth-order valence-corrected chi connectivity index (χ4v) is 1.71. The van der Waals surface area contributed by atoms with Gasteiger partial charge in [0.2, 0.25) is 0 Å². The molecule has 0 saturated heterocycles. The van der Waals surface area contributed by atoms with Crippen LogP contribution >= 0.6 is 0 Å². The molecule has 0 atom stereocenters. The maximum absolute atomic E-state index is 11.9. The highest BCUT2D eigenvalue weighted by molar-refractivity contribution is 6.46. The maximum Gasteiger partial charge on any atom is 0.299 e. The van der Waals surface area contributed by atoms with Gasteiger partial charge in [0.25, 0.3) is 5.91 Å². The van der Waals surface area contributed by atoms with Crippen molar-refractivity contribution >= 4 is 29.8 Å². The second-order valence-corrected chi connectivity index (χ2v) is 4.55. The monoisotopic (exact) mass is 332 g/mol. The number of carbonyl (C=O) groups excluding carboxylic acids is 1. The molecule has 0 heterocycles. The molecule has 128 valence electrons. The van der Waals surface area contributed by atoms with Crippen molar-refractivity contribution in [3.8, 4) is 0 Å². The summed E-state index contributed by atoms with van der Waals surface area (Å²) >= 11 is 0. The molecule has 0 aliphatic carbocycles. The molecule has 0 aliphatic rings. The molecule has 1 aromatic rings. The van der Waals surface area contributed by atoms with Gasteiger partial charge < -0.3 is 14.5 Å². The van der Waals surface area contributed by atoms with Crippen LogP contribution in [0, 0.1) is 0 Å². The molecule has 24 heavy (non-hydrogen) atoms. The largest absolute Gasteiger partial charge is 0.399 e. The Labute approximate surface area is 140 Å². The van der Waals surface area contributed by atoms with Crippen LogP contribution in [0.4, 0.5) is 0 Å². The summed E-state index contributed by atoms with van der Waals surface area (Å²) in [7, 11) is 2.80. The lowest BCUT2D eigenvalue weighted by Gasteiger charge is -2.09. The Morgan fingerprint density at radius 1 is 1.04 bits per heavy atom. The maximum atomic E-state index is 11.9. The van der Waals surface area contributed by atoms with E-state index in [9.17, 15) is 4.79 Å². The molecular weight excluding hydrogens is 312 g/mol. The van der Waals surface area contributed by atoms with Crippen LogP contribution in [0.1, 0.15) is 25.0 Å². The van der Waals surface area contributed by atoms with Gasteiger partial charge in [-0.3, -0.25) is 4.79 Å². The van der Waals surface area contributed by atoms with Crippen LogP contribution < -0.4 is 0 Å². The Kier molecular flexibility index (Phi) is 7.83. The number of oxime groups is 3. The predicted molar refractivity (Wildman–Crippen MR) is 92.6 cm³/mol. The molecule has 0 fully saturated rings. The number of hydrogen-bond donors (Lipinski definition) is 0. The number of aliphatic imine (C=N–C) groups is 1. The number of benzene rings is 1. The average Bonchev–Trinajstić information content (AvgIpc) is 2.59. The van der Waals surface area contributed by atoms with Gasteiger partial charge in [0.05, 0.1) is 0 Å². The number of amides is 1. The first-order valence-corrected chi connectivity index (χ1v) is 7.00. The fourth-order valence-electron chi connectivity index (χ4n) is 1.71. The van der Waals surface area contributed by atoms with Crippen LogP contribution in [0.5, 0.6) is 0 Å². The van der Waals surface area contributed by atoms with Gasteiger partial charge in [-0.1, -0.05) is 39.7 Å². The van der Waals surface area contributed by atoms with Gasteiger partial charge in [-0.25, -0.2) is 4.99 Å². The summed E-state index contributed by atoms with van der Waals surface area (Å²) in [5, 5.41) is 11.5. The predicted octanol–water partition coefficient (Wildman–Crippen LogP) is 2.18. The van der Waals surface area contributed by atoms with E-state index < -0.39 is 5.91 Å². The van der Waals surface area contributed by atoms with Crippen molar-refractivity contribution in [3.63, 3.8) is 0 Å². The smallest absolute Gasteiger partial charge is 0.299 e. The lowest BCUT2D eigenvalue weighted by Crippen LogP contribution is -2.16. The Morgan fingerprint density at radius 2 is 1.67 bits per heavy atom. The van der Waals surface area contributed by atoms with Gasteiger partial charge in [-0.2, -0.15) is 0 Å². The summed E-state index contributed by atoms with van der Waals surface area (Å²) in [6.07, 6.45) is 0. The summed E-state index contributed by atoms with van der Waals surface area (Å²) in [6.45, 7) is 6.84. The van der Waals surface area contributed by atoms with Crippen molar-refractivity contribution < 1.29 is 19.3 Å². The summed E-state index contributed by atoms with van der Waals surface area (Å²) in [6, 6.07) is 7.09. The lowest BCUT2D eigenvalue weighted by molar-refractivity contribution is -0.111. The van der Waals surface area contributed by atoms with Crippen LogP contribution in [0.2, 0.25) is 0 Å². The fraction of sp³-hybridized carbons (Fsp3) is 0.312. The minimum absolute atomic E-state index is 0.0459. The van der Waals surface area contributed by atoms with Crippen molar-refractivity contribution in [1.29, 1.82) is 0 Å². The first kappa shape index (κ1) is 19.0. The van der Waals surface area contributed by atoms with E-state index in [4.69, 9.17) is 9.68 Å². The van der Waals surface area contributed by atoms with Crippen molar-refractivity contribution in [1.82, 2.24) is 0 Å². The third-order valence-electron chi connectivity index (χ3n) is 2.97. The highest BCUT2D eigenvalue weighted by Gasteiger charge is 2.17. The van der Waals surface area contributed by atoms with E-state index in [0.717, 1.165) is 0 Å².